The lowest BCUT2D eigenvalue weighted by atomic mass is 10.1. The van der Waals surface area contributed by atoms with Crippen LogP contribution in [0, 0.1) is 6.92 Å². The van der Waals surface area contributed by atoms with Crippen LogP contribution >= 0.6 is 0 Å². The fraction of sp³-hybridized carbons (Fsp3) is 0.0323. The summed E-state index contributed by atoms with van der Waals surface area (Å²) in [5.74, 6) is 0. The fourth-order valence-electron chi connectivity index (χ4n) is 5.26. The van der Waals surface area contributed by atoms with Gasteiger partial charge in [-0.3, -0.25) is 0 Å². The van der Waals surface area contributed by atoms with Crippen LogP contribution in [-0.4, -0.2) is 9.13 Å². The number of aryl methyl sites for hydroxylation is 1. The van der Waals surface area contributed by atoms with Gasteiger partial charge >= 0.3 is 0 Å². The van der Waals surface area contributed by atoms with Crippen LogP contribution in [0.25, 0.3) is 55.0 Å². The van der Waals surface area contributed by atoms with Crippen LogP contribution in [-0.2, 0) is 0 Å². The minimum atomic E-state index is 1.19. The summed E-state index contributed by atoms with van der Waals surface area (Å²) in [6, 6.07) is 41.7. The van der Waals surface area contributed by atoms with Crippen molar-refractivity contribution >= 4 is 43.6 Å². The summed E-state index contributed by atoms with van der Waals surface area (Å²) in [5.41, 5.74) is 8.60. The molecule has 156 valence electrons. The third-order valence-electron chi connectivity index (χ3n) is 6.77. The summed E-state index contributed by atoms with van der Waals surface area (Å²) in [4.78, 5) is 0. The first-order valence-corrected chi connectivity index (χ1v) is 11.4. The van der Waals surface area contributed by atoms with Crippen molar-refractivity contribution in [2.24, 2.45) is 0 Å². The highest BCUT2D eigenvalue weighted by atomic mass is 15.0. The number of para-hydroxylation sites is 3. The first-order valence-electron chi connectivity index (χ1n) is 11.4. The van der Waals surface area contributed by atoms with Crippen molar-refractivity contribution in [2.75, 3.05) is 0 Å². The van der Waals surface area contributed by atoms with E-state index in [-0.39, 0.29) is 0 Å². The van der Waals surface area contributed by atoms with E-state index in [4.69, 9.17) is 0 Å². The van der Waals surface area contributed by atoms with Crippen molar-refractivity contribution in [3.63, 3.8) is 0 Å². The normalized spacial score (nSPS) is 11.8. The van der Waals surface area contributed by atoms with Gasteiger partial charge in [-0.2, -0.15) is 0 Å². The minimum Gasteiger partial charge on any atom is -0.309 e. The molecule has 0 aliphatic carbocycles. The largest absolute Gasteiger partial charge is 0.309 e. The summed E-state index contributed by atoms with van der Waals surface area (Å²) in [6.45, 7) is 2.14. The quantitative estimate of drug-likeness (QED) is 0.266. The van der Waals surface area contributed by atoms with E-state index in [1.165, 1.54) is 60.5 Å². The predicted molar refractivity (Wildman–Crippen MR) is 140 cm³/mol. The van der Waals surface area contributed by atoms with Crippen molar-refractivity contribution < 1.29 is 0 Å². The van der Waals surface area contributed by atoms with Crippen LogP contribution < -0.4 is 0 Å². The van der Waals surface area contributed by atoms with Gasteiger partial charge in [-0.15, -0.1) is 0 Å². The van der Waals surface area contributed by atoms with Crippen LogP contribution in [0.5, 0.6) is 0 Å². The number of aromatic nitrogens is 2. The molecule has 7 aromatic rings. The van der Waals surface area contributed by atoms with Gasteiger partial charge in [-0.05, 0) is 55.5 Å². The molecule has 7 rings (SSSR count). The molecule has 0 radical (unpaired) electrons. The molecule has 0 aliphatic heterocycles. The summed E-state index contributed by atoms with van der Waals surface area (Å²) in [6.07, 6.45) is 0. The molecule has 0 saturated carbocycles. The molecule has 0 amide bonds. The highest BCUT2D eigenvalue weighted by Gasteiger charge is 2.17. The number of benzene rings is 5. The molecule has 2 heteroatoms. The zero-order chi connectivity index (χ0) is 21.9. The number of hydrogen-bond acceptors (Lipinski definition) is 0. The summed E-state index contributed by atoms with van der Waals surface area (Å²) < 4.78 is 4.79. The molecule has 2 nitrogen and oxygen atoms in total. The molecule has 0 unspecified atom stereocenters. The molecule has 0 aliphatic rings. The first kappa shape index (κ1) is 18.3. The monoisotopic (exact) mass is 422 g/mol. The molecule has 0 N–H and O–H groups in total. The second kappa shape index (κ2) is 6.85. The van der Waals surface area contributed by atoms with Gasteiger partial charge in [0.2, 0.25) is 0 Å². The number of nitrogens with zero attached hydrogens (tertiary/aromatic N) is 2. The minimum absolute atomic E-state index is 1.19. The van der Waals surface area contributed by atoms with Crippen LogP contribution in [0.1, 0.15) is 5.56 Å². The SMILES string of the molecule is Cc1ccc(-n2c3ccccc3c3cc4c(cc32)c2ccccc2n4-c2ccccc2)cc1. The van der Waals surface area contributed by atoms with E-state index in [1.54, 1.807) is 0 Å². The Morgan fingerprint density at radius 1 is 0.394 bits per heavy atom. The van der Waals surface area contributed by atoms with E-state index in [9.17, 15) is 0 Å². The lowest BCUT2D eigenvalue weighted by Crippen LogP contribution is -1.94. The Balaban J connectivity index is 1.68. The Hall–Kier alpha value is -4.30. The Morgan fingerprint density at radius 2 is 0.848 bits per heavy atom. The average molecular weight is 423 g/mol. The molecule has 5 aromatic carbocycles. The second-order valence-corrected chi connectivity index (χ2v) is 8.76. The van der Waals surface area contributed by atoms with Gasteiger partial charge in [-0.1, -0.05) is 72.3 Å². The Morgan fingerprint density at radius 3 is 1.39 bits per heavy atom. The second-order valence-electron chi connectivity index (χ2n) is 8.76. The third kappa shape index (κ3) is 2.61. The summed E-state index contributed by atoms with van der Waals surface area (Å²) >= 11 is 0. The van der Waals surface area contributed by atoms with E-state index >= 15 is 0 Å². The molecule has 0 fully saturated rings. The molecular formula is C31H22N2. The number of rotatable bonds is 2. The van der Waals surface area contributed by atoms with Crippen molar-refractivity contribution in [3.8, 4) is 11.4 Å². The van der Waals surface area contributed by atoms with Gasteiger partial charge in [-0.25, -0.2) is 0 Å². The van der Waals surface area contributed by atoms with Gasteiger partial charge in [0.25, 0.3) is 0 Å². The first-order chi connectivity index (χ1) is 16.3. The number of fused-ring (bicyclic) bond motifs is 6. The van der Waals surface area contributed by atoms with Gasteiger partial charge in [0.15, 0.2) is 0 Å². The third-order valence-corrected chi connectivity index (χ3v) is 6.77. The average Bonchev–Trinajstić information content (AvgIpc) is 3.36. The topological polar surface area (TPSA) is 9.86 Å². The maximum absolute atomic E-state index is 2.40. The lowest BCUT2D eigenvalue weighted by molar-refractivity contribution is 1.17. The highest BCUT2D eigenvalue weighted by Crippen LogP contribution is 2.39. The standard InChI is InChI=1S/C31H22N2/c1-21-15-17-23(18-16-21)33-29-14-8-6-12-25(29)27-19-30-26(20-31(27)33)24-11-5-7-13-28(24)32(30)22-9-3-2-4-10-22/h2-20H,1H3. The Kier molecular flexibility index (Phi) is 3.80. The van der Waals surface area contributed by atoms with Crippen LogP contribution in [0.15, 0.2) is 115 Å². The van der Waals surface area contributed by atoms with Gasteiger partial charge in [0.1, 0.15) is 0 Å². The molecular weight excluding hydrogens is 400 g/mol. The highest BCUT2D eigenvalue weighted by molar-refractivity contribution is 6.18. The summed E-state index contributed by atoms with van der Waals surface area (Å²) in [5, 5.41) is 5.11. The molecule has 0 bridgehead atoms. The molecule has 2 aromatic heterocycles. The molecule has 0 atom stereocenters. The molecule has 0 spiro atoms. The van der Waals surface area contributed by atoms with E-state index in [2.05, 4.69) is 131 Å². The van der Waals surface area contributed by atoms with Crippen molar-refractivity contribution in [3.05, 3.63) is 121 Å². The van der Waals surface area contributed by atoms with Crippen molar-refractivity contribution in [2.45, 2.75) is 6.92 Å². The number of hydrogen-bond donors (Lipinski definition) is 0. The van der Waals surface area contributed by atoms with E-state index < -0.39 is 0 Å². The molecule has 0 saturated heterocycles. The Bertz CT molecular complexity index is 1800. The smallest absolute Gasteiger partial charge is 0.0548 e. The van der Waals surface area contributed by atoms with Crippen LogP contribution in [0.3, 0.4) is 0 Å². The van der Waals surface area contributed by atoms with Gasteiger partial charge < -0.3 is 9.13 Å². The van der Waals surface area contributed by atoms with Crippen LogP contribution in [0.4, 0.5) is 0 Å². The Labute approximate surface area is 191 Å². The molecule has 2 heterocycles. The maximum atomic E-state index is 2.40. The van der Waals surface area contributed by atoms with E-state index in [0.717, 1.165) is 0 Å². The molecule has 33 heavy (non-hydrogen) atoms. The van der Waals surface area contributed by atoms with E-state index in [0.29, 0.717) is 0 Å². The van der Waals surface area contributed by atoms with Crippen molar-refractivity contribution in [1.82, 2.24) is 9.13 Å². The lowest BCUT2D eigenvalue weighted by Gasteiger charge is -2.09. The van der Waals surface area contributed by atoms with E-state index in [1.807, 2.05) is 0 Å². The fourth-order valence-corrected chi connectivity index (χ4v) is 5.26. The van der Waals surface area contributed by atoms with Gasteiger partial charge in [0.05, 0.1) is 22.1 Å². The maximum Gasteiger partial charge on any atom is 0.0548 e. The van der Waals surface area contributed by atoms with Gasteiger partial charge in [0, 0.05) is 32.9 Å². The zero-order valence-electron chi connectivity index (χ0n) is 18.4. The summed E-state index contributed by atoms with van der Waals surface area (Å²) in [7, 11) is 0. The van der Waals surface area contributed by atoms with Crippen molar-refractivity contribution in [1.29, 1.82) is 0 Å². The van der Waals surface area contributed by atoms with Crippen LogP contribution in [0.2, 0.25) is 0 Å². The predicted octanol–water partition coefficient (Wildman–Crippen LogP) is 8.19. The zero-order valence-corrected chi connectivity index (χ0v) is 18.4.